The van der Waals surface area contributed by atoms with Gasteiger partial charge < -0.3 is 4.75 Å². The second-order valence-electron chi connectivity index (χ2n) is 1.46. The summed E-state index contributed by atoms with van der Waals surface area (Å²) in [6, 6.07) is 1.03. The summed E-state index contributed by atoms with van der Waals surface area (Å²) >= 11 is 0. The van der Waals surface area contributed by atoms with Gasteiger partial charge in [-0.1, -0.05) is 0 Å². The monoisotopic (exact) mass is 153 g/mol. The van der Waals surface area contributed by atoms with Crippen molar-refractivity contribution >= 4 is 8.35 Å². The molecule has 0 aliphatic heterocycles. The Hall–Kier alpha value is -0.500. The number of hydrogen-bond donors (Lipinski definition) is 1. The summed E-state index contributed by atoms with van der Waals surface area (Å²) in [5.74, 6) is 0. The SMILES string of the molecule is FC(F)(F)c1cc[nH]p1. The van der Waals surface area contributed by atoms with Crippen molar-refractivity contribution in [3.8, 4) is 0 Å². The second-order valence-corrected chi connectivity index (χ2v) is 2.42. The van der Waals surface area contributed by atoms with E-state index in [9.17, 15) is 13.2 Å². The second kappa shape index (κ2) is 2.03. The van der Waals surface area contributed by atoms with Crippen LogP contribution in [0, 0.1) is 0 Å². The van der Waals surface area contributed by atoms with E-state index in [1.165, 1.54) is 6.20 Å². The van der Waals surface area contributed by atoms with Crippen LogP contribution in [0.15, 0.2) is 12.3 Å². The van der Waals surface area contributed by atoms with Gasteiger partial charge in [0.15, 0.2) is 0 Å². The molecule has 0 radical (unpaired) electrons. The van der Waals surface area contributed by atoms with Crippen LogP contribution >= 0.6 is 8.35 Å². The van der Waals surface area contributed by atoms with Crippen LogP contribution in [-0.2, 0) is 6.18 Å². The zero-order chi connectivity index (χ0) is 6.91. The van der Waals surface area contributed by atoms with Gasteiger partial charge in [-0.15, -0.1) is 0 Å². The lowest BCUT2D eigenvalue weighted by molar-refractivity contribution is -0.134. The van der Waals surface area contributed by atoms with Gasteiger partial charge in [0.25, 0.3) is 0 Å². The van der Waals surface area contributed by atoms with Crippen molar-refractivity contribution in [2.24, 2.45) is 0 Å². The van der Waals surface area contributed by atoms with Crippen molar-refractivity contribution in [3.63, 3.8) is 0 Å². The molecule has 0 aliphatic rings. The molecule has 5 heteroatoms. The highest BCUT2D eigenvalue weighted by molar-refractivity contribution is 7.26. The highest BCUT2D eigenvalue weighted by Crippen LogP contribution is 2.33. The van der Waals surface area contributed by atoms with Gasteiger partial charge in [-0.2, -0.15) is 13.2 Å². The third-order valence-electron chi connectivity index (χ3n) is 0.791. The van der Waals surface area contributed by atoms with E-state index in [0.29, 0.717) is 0 Å². The molecule has 1 heterocycles. The molecule has 50 valence electrons. The summed E-state index contributed by atoms with van der Waals surface area (Å²) in [5.41, 5.74) is 0. The quantitative estimate of drug-likeness (QED) is 0.589. The molecule has 0 fully saturated rings. The first kappa shape index (κ1) is 6.62. The van der Waals surface area contributed by atoms with Crippen LogP contribution in [0.1, 0.15) is 5.30 Å². The number of aromatic nitrogens is 1. The van der Waals surface area contributed by atoms with Crippen molar-refractivity contribution in [3.05, 3.63) is 17.6 Å². The van der Waals surface area contributed by atoms with Gasteiger partial charge in [-0.05, 0) is 6.07 Å². The summed E-state index contributed by atoms with van der Waals surface area (Å²) in [4.78, 5) is 0. The minimum Gasteiger partial charge on any atom is -0.344 e. The first-order chi connectivity index (χ1) is 4.11. The maximum Gasteiger partial charge on any atom is 0.422 e. The normalized spacial score (nSPS) is 12.8. The molecule has 0 saturated heterocycles. The standard InChI is InChI=1S/C4H3F3NP/c5-4(6,7)3-1-2-8-9-3/h1-2,8H. The minimum absolute atomic E-state index is 0.131. The molecule has 0 aromatic carbocycles. The zero-order valence-electron chi connectivity index (χ0n) is 4.24. The van der Waals surface area contributed by atoms with Crippen LogP contribution in [0.2, 0.25) is 0 Å². The number of H-pyrrole nitrogens is 1. The molecular formula is C4H3F3NP. The third kappa shape index (κ3) is 1.45. The van der Waals surface area contributed by atoms with Crippen molar-refractivity contribution in [2.45, 2.75) is 6.18 Å². The van der Waals surface area contributed by atoms with Gasteiger partial charge in [0.1, 0.15) is 5.30 Å². The number of rotatable bonds is 0. The predicted molar refractivity (Wildman–Crippen MR) is 28.3 cm³/mol. The van der Waals surface area contributed by atoms with Gasteiger partial charge in [0.05, 0.1) is 0 Å². The molecule has 0 aliphatic carbocycles. The van der Waals surface area contributed by atoms with Crippen LogP contribution in [-0.4, -0.2) is 4.75 Å². The van der Waals surface area contributed by atoms with Crippen molar-refractivity contribution in [2.75, 3.05) is 0 Å². The third-order valence-corrected chi connectivity index (χ3v) is 1.71. The number of aromatic amines is 1. The minimum atomic E-state index is -4.17. The van der Waals surface area contributed by atoms with Crippen LogP contribution in [0.3, 0.4) is 0 Å². The maximum absolute atomic E-state index is 11.6. The van der Waals surface area contributed by atoms with E-state index in [1.807, 2.05) is 0 Å². The van der Waals surface area contributed by atoms with E-state index in [1.54, 1.807) is 0 Å². The van der Waals surface area contributed by atoms with Crippen molar-refractivity contribution in [1.82, 2.24) is 4.75 Å². The topological polar surface area (TPSA) is 15.8 Å². The van der Waals surface area contributed by atoms with E-state index in [0.717, 1.165) is 6.07 Å². The Balaban J connectivity index is 2.90. The highest BCUT2D eigenvalue weighted by atomic mass is 31.0. The van der Waals surface area contributed by atoms with Gasteiger partial charge in [-0.3, -0.25) is 0 Å². The molecule has 1 nitrogen and oxygen atoms in total. The average molecular weight is 153 g/mol. The molecule has 1 aromatic rings. The Kier molecular flexibility index (Phi) is 1.49. The summed E-state index contributed by atoms with van der Waals surface area (Å²) in [5, 5.41) is -0.539. The molecule has 1 N–H and O–H groups in total. The lowest BCUT2D eigenvalue weighted by Gasteiger charge is -1.98. The van der Waals surface area contributed by atoms with Gasteiger partial charge in [0, 0.05) is 14.5 Å². The maximum atomic E-state index is 11.6. The van der Waals surface area contributed by atoms with E-state index < -0.39 is 11.5 Å². The van der Waals surface area contributed by atoms with Crippen LogP contribution < -0.4 is 0 Å². The summed E-state index contributed by atoms with van der Waals surface area (Å²) in [6.45, 7) is 0. The number of nitrogens with one attached hydrogen (secondary N) is 1. The fraction of sp³-hybridized carbons (Fsp3) is 0.250. The van der Waals surface area contributed by atoms with E-state index in [-0.39, 0.29) is 8.35 Å². The zero-order valence-corrected chi connectivity index (χ0v) is 5.13. The molecule has 0 amide bonds. The lowest BCUT2D eigenvalue weighted by Crippen LogP contribution is -1.99. The molecule has 1 aromatic heterocycles. The molecule has 1 rings (SSSR count). The van der Waals surface area contributed by atoms with Crippen LogP contribution in [0.5, 0.6) is 0 Å². The Bertz CT molecular complexity index is 178. The Morgan fingerprint density at radius 1 is 1.44 bits per heavy atom. The molecule has 0 spiro atoms. The smallest absolute Gasteiger partial charge is 0.344 e. The summed E-state index contributed by atoms with van der Waals surface area (Å²) in [7, 11) is 0.131. The Morgan fingerprint density at radius 2 is 2.11 bits per heavy atom. The van der Waals surface area contributed by atoms with Crippen molar-refractivity contribution in [1.29, 1.82) is 0 Å². The van der Waals surface area contributed by atoms with Gasteiger partial charge >= 0.3 is 6.18 Å². The molecule has 0 bridgehead atoms. The molecule has 0 saturated carbocycles. The molecular weight excluding hydrogens is 150 g/mol. The van der Waals surface area contributed by atoms with Crippen LogP contribution in [0.25, 0.3) is 0 Å². The first-order valence-corrected chi connectivity index (χ1v) is 3.07. The largest absolute Gasteiger partial charge is 0.422 e. The molecule has 0 atom stereocenters. The van der Waals surface area contributed by atoms with Crippen LogP contribution in [0.4, 0.5) is 13.2 Å². The van der Waals surface area contributed by atoms with E-state index in [2.05, 4.69) is 4.75 Å². The highest BCUT2D eigenvalue weighted by Gasteiger charge is 2.31. The fourth-order valence-corrected chi connectivity index (χ4v) is 0.982. The Labute approximate surface area is 51.1 Å². The van der Waals surface area contributed by atoms with E-state index >= 15 is 0 Å². The number of hydrogen-bond acceptors (Lipinski definition) is 0. The number of halogens is 3. The van der Waals surface area contributed by atoms with Crippen molar-refractivity contribution < 1.29 is 13.2 Å². The number of alkyl halides is 3. The average Bonchev–Trinajstić information content (AvgIpc) is 2.08. The molecule has 9 heavy (non-hydrogen) atoms. The van der Waals surface area contributed by atoms with Gasteiger partial charge in [0.2, 0.25) is 0 Å². The fourth-order valence-electron chi connectivity index (χ4n) is 0.418. The lowest BCUT2D eigenvalue weighted by atomic mass is 10.5. The molecule has 0 unspecified atom stereocenters. The predicted octanol–water partition coefficient (Wildman–Crippen LogP) is 2.61. The van der Waals surface area contributed by atoms with E-state index in [4.69, 9.17) is 0 Å². The summed E-state index contributed by atoms with van der Waals surface area (Å²) < 4.78 is 37.3. The Morgan fingerprint density at radius 3 is 2.33 bits per heavy atom. The van der Waals surface area contributed by atoms with Gasteiger partial charge in [-0.25, -0.2) is 0 Å². The summed E-state index contributed by atoms with van der Waals surface area (Å²) in [6.07, 6.45) is -2.88. The first-order valence-electron chi connectivity index (χ1n) is 2.17.